The lowest BCUT2D eigenvalue weighted by Crippen LogP contribution is -2.27. The van der Waals surface area contributed by atoms with E-state index in [1.165, 1.54) is 0 Å². The molecule has 2 aliphatic carbocycles. The molecule has 0 N–H and O–H groups in total. The molecule has 86 valence electrons. The number of ketones is 1. The van der Waals surface area contributed by atoms with Gasteiger partial charge < -0.3 is 9.47 Å². The number of rotatable bonds is 1. The fourth-order valence-corrected chi connectivity index (χ4v) is 3.07. The van der Waals surface area contributed by atoms with Gasteiger partial charge in [0.25, 0.3) is 0 Å². The second-order valence-electron chi connectivity index (χ2n) is 4.68. The number of carbonyl (C=O) groups is 1. The number of hydrogen-bond donors (Lipinski definition) is 0. The van der Waals surface area contributed by atoms with E-state index in [0.717, 1.165) is 12.8 Å². The van der Waals surface area contributed by atoms with E-state index in [2.05, 4.69) is 6.08 Å². The van der Waals surface area contributed by atoms with Crippen LogP contribution in [0.4, 0.5) is 0 Å². The van der Waals surface area contributed by atoms with Gasteiger partial charge in [0, 0.05) is 11.8 Å². The van der Waals surface area contributed by atoms with Crippen LogP contribution < -0.4 is 0 Å². The van der Waals surface area contributed by atoms with Gasteiger partial charge in [-0.1, -0.05) is 18.2 Å². The molecule has 3 heteroatoms. The number of ether oxygens (including phenoxy) is 2. The van der Waals surface area contributed by atoms with Crippen molar-refractivity contribution in [3.05, 3.63) is 24.3 Å². The summed E-state index contributed by atoms with van der Waals surface area (Å²) in [6, 6.07) is 0. The first-order valence-electron chi connectivity index (χ1n) is 5.98. The summed E-state index contributed by atoms with van der Waals surface area (Å²) in [4.78, 5) is 11.8. The Morgan fingerprint density at radius 3 is 2.75 bits per heavy atom. The van der Waals surface area contributed by atoms with Gasteiger partial charge in [0.1, 0.15) is 0 Å². The Morgan fingerprint density at radius 1 is 1.12 bits per heavy atom. The number of carbonyl (C=O) groups excluding carboxylic acids is 1. The van der Waals surface area contributed by atoms with Crippen LogP contribution in [0, 0.1) is 17.8 Å². The number of allylic oxidation sites excluding steroid dienone is 4. The molecular formula is C13H16O3. The Balaban J connectivity index is 1.80. The molecule has 16 heavy (non-hydrogen) atoms. The predicted octanol–water partition coefficient (Wildman–Crippen LogP) is 1.70. The van der Waals surface area contributed by atoms with E-state index in [4.69, 9.17) is 9.47 Å². The summed E-state index contributed by atoms with van der Waals surface area (Å²) in [6.07, 6.45) is 9.57. The smallest absolute Gasteiger partial charge is 0.161 e. The fourth-order valence-electron chi connectivity index (χ4n) is 3.07. The van der Waals surface area contributed by atoms with Gasteiger partial charge in [0.05, 0.1) is 13.2 Å². The Kier molecular flexibility index (Phi) is 2.65. The minimum absolute atomic E-state index is 0.0921. The van der Waals surface area contributed by atoms with Gasteiger partial charge in [0.2, 0.25) is 0 Å². The molecule has 3 aliphatic rings. The first-order chi connectivity index (χ1) is 7.86. The second-order valence-corrected chi connectivity index (χ2v) is 4.68. The minimum atomic E-state index is -0.0921. The maximum atomic E-state index is 11.8. The molecule has 0 radical (unpaired) electrons. The molecule has 3 nitrogen and oxygen atoms in total. The van der Waals surface area contributed by atoms with E-state index in [1.54, 1.807) is 6.08 Å². The average Bonchev–Trinajstić information content (AvgIpc) is 2.89. The number of fused-ring (bicyclic) bond motifs is 1. The molecular weight excluding hydrogens is 204 g/mol. The summed E-state index contributed by atoms with van der Waals surface area (Å²) < 4.78 is 11.1. The first-order valence-corrected chi connectivity index (χ1v) is 5.98. The van der Waals surface area contributed by atoms with E-state index >= 15 is 0 Å². The molecule has 0 aromatic heterocycles. The van der Waals surface area contributed by atoms with E-state index in [-0.39, 0.29) is 18.0 Å². The molecule has 0 bridgehead atoms. The van der Waals surface area contributed by atoms with Gasteiger partial charge in [-0.15, -0.1) is 0 Å². The first kappa shape index (κ1) is 10.2. The Bertz CT molecular complexity index is 339. The Hall–Kier alpha value is -0.930. The van der Waals surface area contributed by atoms with Crippen molar-refractivity contribution in [1.29, 1.82) is 0 Å². The van der Waals surface area contributed by atoms with Crippen molar-refractivity contribution in [1.82, 2.24) is 0 Å². The highest BCUT2D eigenvalue weighted by molar-refractivity contribution is 5.93. The van der Waals surface area contributed by atoms with Crippen LogP contribution in [-0.4, -0.2) is 25.3 Å². The molecule has 1 heterocycles. The number of hydrogen-bond acceptors (Lipinski definition) is 3. The van der Waals surface area contributed by atoms with Crippen molar-refractivity contribution in [3.63, 3.8) is 0 Å². The normalized spacial score (nSPS) is 39.0. The molecule has 1 aliphatic heterocycles. The van der Waals surface area contributed by atoms with Gasteiger partial charge in [-0.2, -0.15) is 0 Å². The summed E-state index contributed by atoms with van der Waals surface area (Å²) in [5.41, 5.74) is 0. The maximum absolute atomic E-state index is 11.8. The van der Waals surface area contributed by atoms with Crippen LogP contribution in [0.2, 0.25) is 0 Å². The molecule has 2 fully saturated rings. The van der Waals surface area contributed by atoms with Crippen LogP contribution in [0.1, 0.15) is 12.8 Å². The topological polar surface area (TPSA) is 35.5 Å². The van der Waals surface area contributed by atoms with Crippen LogP contribution in [0.15, 0.2) is 24.3 Å². The predicted molar refractivity (Wildman–Crippen MR) is 58.7 cm³/mol. The van der Waals surface area contributed by atoms with Crippen LogP contribution in [-0.2, 0) is 14.3 Å². The van der Waals surface area contributed by atoms with Crippen molar-refractivity contribution in [2.45, 2.75) is 19.1 Å². The standard InChI is InChI=1S/C13H16O3/c14-12-4-2-1-3-9-10(12)5-6-11(9)13-15-7-8-16-13/h1-4,9-11,13H,5-8H2. The van der Waals surface area contributed by atoms with Crippen LogP contribution in [0.25, 0.3) is 0 Å². The fraction of sp³-hybridized carbons (Fsp3) is 0.615. The molecule has 3 rings (SSSR count). The minimum Gasteiger partial charge on any atom is -0.350 e. The zero-order chi connectivity index (χ0) is 11.0. The molecule has 1 saturated carbocycles. The van der Waals surface area contributed by atoms with Crippen LogP contribution in [0.3, 0.4) is 0 Å². The summed E-state index contributed by atoms with van der Waals surface area (Å²) >= 11 is 0. The zero-order valence-electron chi connectivity index (χ0n) is 9.17. The van der Waals surface area contributed by atoms with Gasteiger partial charge in [0.15, 0.2) is 12.1 Å². The largest absolute Gasteiger partial charge is 0.350 e. The third-order valence-corrected chi connectivity index (χ3v) is 3.84. The summed E-state index contributed by atoms with van der Waals surface area (Å²) in [6.45, 7) is 1.38. The van der Waals surface area contributed by atoms with E-state index in [9.17, 15) is 4.79 Å². The van der Waals surface area contributed by atoms with Gasteiger partial charge >= 0.3 is 0 Å². The molecule has 1 saturated heterocycles. The zero-order valence-corrected chi connectivity index (χ0v) is 9.17. The summed E-state index contributed by atoms with van der Waals surface area (Å²) in [5, 5.41) is 0. The molecule has 3 atom stereocenters. The molecule has 0 amide bonds. The van der Waals surface area contributed by atoms with Crippen LogP contribution >= 0.6 is 0 Å². The molecule has 0 spiro atoms. The van der Waals surface area contributed by atoms with Crippen molar-refractivity contribution < 1.29 is 14.3 Å². The molecule has 3 unspecified atom stereocenters. The molecule has 0 aromatic rings. The molecule has 0 aromatic carbocycles. The van der Waals surface area contributed by atoms with Gasteiger partial charge in [-0.3, -0.25) is 4.79 Å². The van der Waals surface area contributed by atoms with E-state index in [1.807, 2.05) is 12.2 Å². The highest BCUT2D eigenvalue weighted by atomic mass is 16.7. The van der Waals surface area contributed by atoms with E-state index in [0.29, 0.717) is 25.0 Å². The highest BCUT2D eigenvalue weighted by Gasteiger charge is 2.43. The summed E-state index contributed by atoms with van der Waals surface area (Å²) in [7, 11) is 0. The van der Waals surface area contributed by atoms with Crippen molar-refractivity contribution >= 4 is 5.78 Å². The van der Waals surface area contributed by atoms with Crippen molar-refractivity contribution in [2.24, 2.45) is 17.8 Å². The van der Waals surface area contributed by atoms with Crippen molar-refractivity contribution in [3.8, 4) is 0 Å². The lowest BCUT2D eigenvalue weighted by atomic mass is 9.87. The lowest BCUT2D eigenvalue weighted by molar-refractivity contribution is -0.120. The third-order valence-electron chi connectivity index (χ3n) is 3.84. The Labute approximate surface area is 95.1 Å². The second kappa shape index (κ2) is 4.15. The van der Waals surface area contributed by atoms with Gasteiger partial charge in [-0.05, 0) is 24.8 Å². The van der Waals surface area contributed by atoms with Crippen molar-refractivity contribution in [2.75, 3.05) is 13.2 Å². The third kappa shape index (κ3) is 1.64. The Morgan fingerprint density at radius 2 is 1.94 bits per heavy atom. The van der Waals surface area contributed by atoms with E-state index < -0.39 is 0 Å². The van der Waals surface area contributed by atoms with Gasteiger partial charge in [-0.25, -0.2) is 0 Å². The summed E-state index contributed by atoms with van der Waals surface area (Å²) in [5.74, 6) is 1.06. The average molecular weight is 220 g/mol. The quantitative estimate of drug-likeness (QED) is 0.674. The van der Waals surface area contributed by atoms with Crippen LogP contribution in [0.5, 0.6) is 0 Å². The maximum Gasteiger partial charge on any atom is 0.161 e. The monoisotopic (exact) mass is 220 g/mol. The highest BCUT2D eigenvalue weighted by Crippen LogP contribution is 2.43. The SMILES string of the molecule is O=C1C=CC=CC2C1CCC2C1OCCO1. The lowest BCUT2D eigenvalue weighted by Gasteiger charge is -2.23.